The lowest BCUT2D eigenvalue weighted by Crippen LogP contribution is -2.15. The van der Waals surface area contributed by atoms with Crippen LogP contribution in [-0.4, -0.2) is 37.0 Å². The fourth-order valence-electron chi connectivity index (χ4n) is 7.34. The fraction of sp³-hybridized carbons (Fsp3) is 0.0615. The molecule has 0 aliphatic carbocycles. The molecule has 432 valence electrons. The van der Waals surface area contributed by atoms with Gasteiger partial charge in [0.1, 0.15) is 64.7 Å². The predicted octanol–water partition coefficient (Wildman–Crippen LogP) is 15.4. The molecule has 2 unspecified atom stereocenters. The Morgan fingerprint density at radius 1 is 0.553 bits per heavy atom. The van der Waals surface area contributed by atoms with Crippen LogP contribution in [0.5, 0.6) is 28.7 Å². The van der Waals surface area contributed by atoms with Gasteiger partial charge in [-0.2, -0.15) is 4.84 Å². The molecule has 1 aliphatic rings. The van der Waals surface area contributed by atoms with Gasteiger partial charge in [0.2, 0.25) is 6.29 Å². The van der Waals surface area contributed by atoms with Crippen molar-refractivity contribution >= 4 is 34.7 Å². The van der Waals surface area contributed by atoms with E-state index in [1.807, 2.05) is 127 Å². The highest BCUT2D eigenvalue weighted by atomic mass is 16.9. The maximum Gasteiger partial charge on any atom is 0.276 e. The number of nitrogens with zero attached hydrogens (tertiary/aromatic N) is 5. The van der Waals surface area contributed by atoms with Crippen LogP contribution in [0, 0.1) is 19.9 Å². The third-order valence-electron chi connectivity index (χ3n) is 11.5. The summed E-state index contributed by atoms with van der Waals surface area (Å²) in [4.78, 5) is 46.3. The first kappa shape index (κ1) is 63.1. The highest BCUT2D eigenvalue weighted by molar-refractivity contribution is 5.82. The molecule has 20 nitrogen and oxygen atoms in total. The topological polar surface area (TPSA) is 273 Å². The summed E-state index contributed by atoms with van der Waals surface area (Å²) >= 11 is 0. The second-order valence-electron chi connectivity index (χ2n) is 17.2. The Labute approximate surface area is 488 Å². The molecule has 0 saturated heterocycles. The number of nitroso groups, excluding NO2 is 2. The predicted molar refractivity (Wildman–Crippen MR) is 318 cm³/mol. The SMILES string of the molecule is O=Cc1ccccc1N=O.O=Nc1ccccc1C(O)Oc1ccccc1.O=[N+]([O-])c1ccccc1COc1ccccc1.ON(O)c1ccccc1COc1ccccc1.ON1OC(Oc2ccccc2)c2ccccc21.Oc1ccccc1. The number of anilines is 2. The van der Waals surface area contributed by atoms with Crippen LogP contribution in [0.2, 0.25) is 0 Å². The Bertz CT molecular complexity index is 3540. The summed E-state index contributed by atoms with van der Waals surface area (Å²) in [7, 11) is 0. The molecule has 0 radical (unpaired) electrons. The molecule has 85 heavy (non-hydrogen) atoms. The number of hydrogen-bond acceptors (Lipinski definition) is 19. The minimum Gasteiger partial charge on any atom is -0.508 e. The van der Waals surface area contributed by atoms with Gasteiger partial charge in [-0.15, -0.1) is 20.3 Å². The number of aliphatic hydroxyl groups excluding tert-OH is 1. The number of nitro groups is 1. The number of fused-ring (bicyclic) bond motifs is 1. The van der Waals surface area contributed by atoms with Crippen LogP contribution in [0.3, 0.4) is 0 Å². The molecule has 1 heterocycles. The van der Waals surface area contributed by atoms with E-state index in [1.165, 1.54) is 18.2 Å². The minimum atomic E-state index is -1.20. The number of nitro benzene ring substituents is 1. The van der Waals surface area contributed by atoms with Crippen LogP contribution in [-0.2, 0) is 18.1 Å². The van der Waals surface area contributed by atoms with Crippen LogP contribution in [0.15, 0.2) is 283 Å². The maximum absolute atomic E-state index is 10.8. The smallest absolute Gasteiger partial charge is 0.276 e. The molecule has 0 amide bonds. The van der Waals surface area contributed by atoms with Gasteiger partial charge in [0.05, 0.1) is 16.1 Å². The second kappa shape index (κ2) is 34.9. The molecule has 0 spiro atoms. The molecule has 0 bridgehead atoms. The standard InChI is InChI=1S/C13H11NO3.C13H13NO3.2C13H11NO3.C7H5NO2.C6H6O/c15-14-12-9-5-4-8-11(12)13(17-14)16-10-6-2-1-3-7-10;2*15-14(16)13-9-5-4-6-11(13)10-17-12-7-2-1-3-8-12;15-13(17-10-6-2-1-3-7-10)11-8-4-5-9-12(11)14-16;9-5-6-3-1-2-4-7(6)8-10;7-6-4-2-1-3-5-6/h1-9,13,15H;1-9,15-16H,10H2;1-9H,10H2;1-9,13,15H;1-5H;1-5,7H. The number of benzene rings is 10. The molecule has 10 aromatic carbocycles. The highest BCUT2D eigenvalue weighted by Crippen LogP contribution is 2.37. The largest absolute Gasteiger partial charge is 0.508 e. The summed E-state index contributed by atoms with van der Waals surface area (Å²) in [6, 6.07) is 79.3. The van der Waals surface area contributed by atoms with E-state index in [1.54, 1.807) is 127 Å². The maximum atomic E-state index is 10.8. The van der Waals surface area contributed by atoms with Gasteiger partial charge in [-0.3, -0.25) is 30.5 Å². The van der Waals surface area contributed by atoms with Crippen molar-refractivity contribution in [1.29, 1.82) is 0 Å². The zero-order valence-corrected chi connectivity index (χ0v) is 45.2. The quantitative estimate of drug-likeness (QED) is 0.0198. The van der Waals surface area contributed by atoms with Crippen molar-refractivity contribution in [2.24, 2.45) is 10.4 Å². The van der Waals surface area contributed by atoms with E-state index in [0.29, 0.717) is 62.9 Å². The van der Waals surface area contributed by atoms with E-state index in [0.717, 1.165) is 16.5 Å². The third-order valence-corrected chi connectivity index (χ3v) is 11.5. The van der Waals surface area contributed by atoms with E-state index < -0.39 is 17.5 Å². The van der Waals surface area contributed by atoms with E-state index in [-0.39, 0.29) is 35.5 Å². The Morgan fingerprint density at radius 2 is 1.00 bits per heavy atom. The molecule has 2 atom stereocenters. The van der Waals surface area contributed by atoms with E-state index in [2.05, 4.69) is 10.4 Å². The van der Waals surface area contributed by atoms with Crippen molar-refractivity contribution in [1.82, 2.24) is 0 Å². The molecule has 5 N–H and O–H groups in total. The second-order valence-corrected chi connectivity index (χ2v) is 17.2. The number of carbonyl (C=O) groups excluding carboxylic acids is 1. The first-order valence-corrected chi connectivity index (χ1v) is 25.7. The molecule has 11 rings (SSSR count). The van der Waals surface area contributed by atoms with Crippen LogP contribution in [0.4, 0.5) is 28.4 Å². The van der Waals surface area contributed by atoms with Crippen LogP contribution < -0.4 is 29.4 Å². The lowest BCUT2D eigenvalue weighted by atomic mass is 10.2. The normalized spacial score (nSPS) is 11.7. The summed E-state index contributed by atoms with van der Waals surface area (Å²) < 4.78 is 22.0. The number of hydrogen-bond donors (Lipinski definition) is 5. The lowest BCUT2D eigenvalue weighted by molar-refractivity contribution is -0.385. The van der Waals surface area contributed by atoms with Gasteiger partial charge in [-0.25, -0.2) is 0 Å². The number of aldehydes is 1. The van der Waals surface area contributed by atoms with E-state index in [9.17, 15) is 35.0 Å². The number of phenolic OH excluding ortho intramolecular Hbond substituents is 1. The average molecular weight is 1150 g/mol. The van der Waals surface area contributed by atoms with Crippen LogP contribution >= 0.6 is 0 Å². The molecule has 20 heteroatoms. The fourth-order valence-corrected chi connectivity index (χ4v) is 7.34. The lowest BCUT2D eigenvalue weighted by Gasteiger charge is -2.14. The van der Waals surface area contributed by atoms with Gasteiger partial charge in [0.25, 0.3) is 12.0 Å². The molecule has 10 aromatic rings. The number of phenols is 1. The minimum absolute atomic E-state index is 0.0865. The molecule has 0 saturated carbocycles. The zero-order chi connectivity index (χ0) is 60.4. The summed E-state index contributed by atoms with van der Waals surface area (Å²) in [5.74, 6) is 2.99. The number of aliphatic hydroxyl groups is 1. The number of rotatable bonds is 16. The van der Waals surface area contributed by atoms with Crippen molar-refractivity contribution in [3.8, 4) is 28.7 Å². The summed E-state index contributed by atoms with van der Waals surface area (Å²) in [5.41, 5.74) is 4.12. The first-order chi connectivity index (χ1) is 41.5. The van der Waals surface area contributed by atoms with Gasteiger partial charge in [-0.1, -0.05) is 170 Å². The van der Waals surface area contributed by atoms with Gasteiger partial charge in [-0.05, 0) is 107 Å². The number of ether oxygens (including phenoxy) is 4. The summed E-state index contributed by atoms with van der Waals surface area (Å²) in [6.07, 6.45) is -1.21. The highest BCUT2D eigenvalue weighted by Gasteiger charge is 2.30. The summed E-state index contributed by atoms with van der Waals surface area (Å²) in [5, 5.41) is 63.3. The molecular weight excluding hydrogens is 1090 g/mol. The first-order valence-electron chi connectivity index (χ1n) is 25.7. The van der Waals surface area contributed by atoms with Crippen molar-refractivity contribution in [3.63, 3.8) is 0 Å². The van der Waals surface area contributed by atoms with Gasteiger partial charge in [0, 0.05) is 22.8 Å². The molecule has 0 aromatic heterocycles. The zero-order valence-electron chi connectivity index (χ0n) is 45.2. The van der Waals surface area contributed by atoms with Gasteiger partial charge < -0.3 is 29.2 Å². The molecule has 1 aliphatic heterocycles. The van der Waals surface area contributed by atoms with Crippen molar-refractivity contribution in [3.05, 3.63) is 321 Å². The van der Waals surface area contributed by atoms with Gasteiger partial charge in [0.15, 0.2) is 6.29 Å². The van der Waals surface area contributed by atoms with E-state index >= 15 is 0 Å². The molecular formula is C65H57N5O15. The Kier molecular flexibility index (Phi) is 25.9. The number of aromatic hydroxyl groups is 1. The number of para-hydroxylation sites is 8. The monoisotopic (exact) mass is 1150 g/mol. The Balaban J connectivity index is 0.000000167. The third kappa shape index (κ3) is 21.0. The van der Waals surface area contributed by atoms with Gasteiger partial charge >= 0.3 is 0 Å². The van der Waals surface area contributed by atoms with Crippen LogP contribution in [0.1, 0.15) is 45.2 Å². The molecule has 0 fully saturated rings. The Morgan fingerprint density at radius 3 is 1.53 bits per heavy atom. The van der Waals surface area contributed by atoms with E-state index in [4.69, 9.17) is 39.3 Å². The Hall–Kier alpha value is -11.1. The van der Waals surface area contributed by atoms with Crippen molar-refractivity contribution in [2.75, 3.05) is 10.5 Å². The van der Waals surface area contributed by atoms with Crippen LogP contribution in [0.25, 0.3) is 0 Å². The van der Waals surface area contributed by atoms with Crippen molar-refractivity contribution in [2.45, 2.75) is 25.8 Å². The number of carbonyl (C=O) groups is 1. The average Bonchev–Trinajstić information content (AvgIpc) is 3.98. The summed E-state index contributed by atoms with van der Waals surface area (Å²) in [6.45, 7) is 0.471. The van der Waals surface area contributed by atoms with Crippen molar-refractivity contribution < 1.29 is 59.3 Å².